The van der Waals surface area contributed by atoms with Crippen molar-refractivity contribution in [1.82, 2.24) is 0 Å². The molecule has 2 aliphatic rings. The lowest BCUT2D eigenvalue weighted by molar-refractivity contribution is 0.156. The molecule has 46 heavy (non-hydrogen) atoms. The standard InChI is InChI=1S/C38H44F6O2/c1-3-5-31(45)30-19-18-29(36(42)37(30)43)28-17-16-26(33(39)35(28)41)11-8-22-6-9-23(10-7-22)24-12-14-25(15-13-24)27-20-21-32(46-4-2)38(44)34(27)40/h16-25,31,45H,3-15H2,1-2H3. The van der Waals surface area contributed by atoms with Gasteiger partial charge in [-0.2, -0.15) is 4.39 Å². The zero-order chi connectivity index (χ0) is 33.0. The molecular formula is C38H44F6O2. The Hall–Kier alpha value is -3.00. The van der Waals surface area contributed by atoms with Crippen LogP contribution in [0.2, 0.25) is 0 Å². The van der Waals surface area contributed by atoms with Crippen molar-refractivity contribution in [1.29, 1.82) is 0 Å². The number of aliphatic hydroxyl groups is 1. The first kappa shape index (κ1) is 34.3. The summed E-state index contributed by atoms with van der Waals surface area (Å²) in [6.45, 7) is 3.82. The zero-order valence-corrected chi connectivity index (χ0v) is 26.7. The van der Waals surface area contributed by atoms with Gasteiger partial charge in [0.1, 0.15) is 0 Å². The minimum Gasteiger partial charge on any atom is -0.491 e. The second-order valence-corrected chi connectivity index (χ2v) is 13.2. The molecule has 1 unspecified atom stereocenters. The molecule has 2 fully saturated rings. The van der Waals surface area contributed by atoms with Gasteiger partial charge in [0.2, 0.25) is 5.82 Å². The number of aliphatic hydroxyl groups excluding tert-OH is 1. The molecular weight excluding hydrogens is 602 g/mol. The van der Waals surface area contributed by atoms with Crippen LogP contribution >= 0.6 is 0 Å². The van der Waals surface area contributed by atoms with Crippen LogP contribution < -0.4 is 4.74 Å². The first-order valence-electron chi connectivity index (χ1n) is 16.9. The average Bonchev–Trinajstić information content (AvgIpc) is 3.06. The minimum absolute atomic E-state index is 0.00742. The molecule has 250 valence electrons. The van der Waals surface area contributed by atoms with Gasteiger partial charge in [0.05, 0.1) is 12.7 Å². The molecule has 2 aliphatic carbocycles. The second-order valence-electron chi connectivity index (χ2n) is 13.2. The van der Waals surface area contributed by atoms with Gasteiger partial charge in [0, 0.05) is 16.7 Å². The van der Waals surface area contributed by atoms with Crippen LogP contribution in [0.4, 0.5) is 26.3 Å². The number of halogens is 6. The highest BCUT2D eigenvalue weighted by Crippen LogP contribution is 2.45. The Morgan fingerprint density at radius 3 is 1.91 bits per heavy atom. The van der Waals surface area contributed by atoms with Gasteiger partial charge in [-0.3, -0.25) is 0 Å². The number of rotatable bonds is 11. The largest absolute Gasteiger partial charge is 0.491 e. The predicted molar refractivity (Wildman–Crippen MR) is 168 cm³/mol. The molecule has 2 nitrogen and oxygen atoms in total. The van der Waals surface area contributed by atoms with E-state index in [1.54, 1.807) is 13.0 Å². The molecule has 8 heteroatoms. The van der Waals surface area contributed by atoms with E-state index in [4.69, 9.17) is 4.74 Å². The summed E-state index contributed by atoms with van der Waals surface area (Å²) >= 11 is 0. The van der Waals surface area contributed by atoms with Crippen molar-refractivity contribution in [2.24, 2.45) is 17.8 Å². The fourth-order valence-electron chi connectivity index (χ4n) is 7.79. The van der Waals surface area contributed by atoms with Gasteiger partial charge >= 0.3 is 0 Å². The summed E-state index contributed by atoms with van der Waals surface area (Å²) in [5.41, 5.74) is -0.261. The normalized spacial score (nSPS) is 22.5. The number of aryl methyl sites for hydroxylation is 1. The third kappa shape index (κ3) is 7.27. The molecule has 0 spiro atoms. The number of benzene rings is 3. The quantitative estimate of drug-likeness (QED) is 0.210. The lowest BCUT2D eigenvalue weighted by Gasteiger charge is -2.38. The van der Waals surface area contributed by atoms with E-state index in [0.29, 0.717) is 42.6 Å². The first-order chi connectivity index (χ1) is 22.1. The molecule has 0 aromatic heterocycles. The van der Waals surface area contributed by atoms with Gasteiger partial charge in [0.25, 0.3) is 0 Å². The van der Waals surface area contributed by atoms with E-state index < -0.39 is 41.0 Å². The monoisotopic (exact) mass is 646 g/mol. The molecule has 2 saturated carbocycles. The molecule has 0 saturated heterocycles. The smallest absolute Gasteiger partial charge is 0.200 e. The van der Waals surface area contributed by atoms with E-state index in [9.17, 15) is 22.7 Å². The fourth-order valence-corrected chi connectivity index (χ4v) is 7.79. The summed E-state index contributed by atoms with van der Waals surface area (Å²) in [6, 6.07) is 8.36. The van der Waals surface area contributed by atoms with E-state index in [-0.39, 0.29) is 46.9 Å². The van der Waals surface area contributed by atoms with E-state index in [0.717, 1.165) is 51.4 Å². The maximum absolute atomic E-state index is 15.1. The molecule has 0 amide bonds. The molecule has 1 N–H and O–H groups in total. The van der Waals surface area contributed by atoms with Crippen LogP contribution in [0.1, 0.15) is 113 Å². The van der Waals surface area contributed by atoms with E-state index in [1.807, 2.05) is 6.92 Å². The maximum Gasteiger partial charge on any atom is 0.200 e. The minimum atomic E-state index is -1.30. The fraction of sp³-hybridized carbons (Fsp3) is 0.526. The average molecular weight is 647 g/mol. The van der Waals surface area contributed by atoms with Gasteiger partial charge in [-0.15, -0.1) is 0 Å². The molecule has 0 bridgehead atoms. The van der Waals surface area contributed by atoms with E-state index in [2.05, 4.69) is 0 Å². The highest BCUT2D eigenvalue weighted by atomic mass is 19.2. The molecule has 0 aliphatic heterocycles. The molecule has 3 aromatic carbocycles. The Bertz CT molecular complexity index is 1490. The van der Waals surface area contributed by atoms with Crippen LogP contribution in [-0.4, -0.2) is 11.7 Å². The zero-order valence-electron chi connectivity index (χ0n) is 26.7. The Balaban J connectivity index is 1.13. The van der Waals surface area contributed by atoms with E-state index >= 15 is 8.78 Å². The van der Waals surface area contributed by atoms with Crippen LogP contribution in [0, 0.1) is 52.7 Å². The van der Waals surface area contributed by atoms with Crippen LogP contribution in [0.3, 0.4) is 0 Å². The number of ether oxygens (including phenoxy) is 1. The van der Waals surface area contributed by atoms with Crippen molar-refractivity contribution >= 4 is 0 Å². The lowest BCUT2D eigenvalue weighted by Crippen LogP contribution is -2.26. The van der Waals surface area contributed by atoms with Gasteiger partial charge in [-0.25, -0.2) is 22.0 Å². The van der Waals surface area contributed by atoms with Crippen LogP contribution in [0.25, 0.3) is 11.1 Å². The van der Waals surface area contributed by atoms with Gasteiger partial charge in [-0.05, 0) is 106 Å². The Morgan fingerprint density at radius 1 is 0.674 bits per heavy atom. The third-order valence-electron chi connectivity index (χ3n) is 10.5. The van der Waals surface area contributed by atoms with Gasteiger partial charge in [-0.1, -0.05) is 56.5 Å². The summed E-state index contributed by atoms with van der Waals surface area (Å²) < 4.78 is 94.2. The van der Waals surface area contributed by atoms with Crippen molar-refractivity contribution in [3.63, 3.8) is 0 Å². The summed E-state index contributed by atoms with van der Waals surface area (Å²) in [5.74, 6) is -5.00. The topological polar surface area (TPSA) is 29.5 Å². The Morgan fingerprint density at radius 2 is 1.28 bits per heavy atom. The highest BCUT2D eigenvalue weighted by Gasteiger charge is 2.33. The lowest BCUT2D eigenvalue weighted by atomic mass is 9.68. The predicted octanol–water partition coefficient (Wildman–Crippen LogP) is 11.1. The molecule has 1 atom stereocenters. The van der Waals surface area contributed by atoms with Crippen LogP contribution in [-0.2, 0) is 6.42 Å². The third-order valence-corrected chi connectivity index (χ3v) is 10.5. The molecule has 0 heterocycles. The maximum atomic E-state index is 15.1. The first-order valence-corrected chi connectivity index (χ1v) is 16.9. The van der Waals surface area contributed by atoms with Crippen LogP contribution in [0.5, 0.6) is 5.75 Å². The van der Waals surface area contributed by atoms with Crippen molar-refractivity contribution < 1.29 is 36.2 Å². The summed E-state index contributed by atoms with van der Waals surface area (Å²) in [5, 5.41) is 10.1. The summed E-state index contributed by atoms with van der Waals surface area (Å²) in [7, 11) is 0. The van der Waals surface area contributed by atoms with E-state index in [1.165, 1.54) is 30.3 Å². The molecule has 3 aromatic rings. The van der Waals surface area contributed by atoms with Crippen molar-refractivity contribution in [2.75, 3.05) is 6.61 Å². The summed E-state index contributed by atoms with van der Waals surface area (Å²) in [4.78, 5) is 0. The number of hydrogen-bond acceptors (Lipinski definition) is 2. The Labute approximate surface area is 268 Å². The molecule has 5 rings (SSSR count). The van der Waals surface area contributed by atoms with Crippen LogP contribution in [0.15, 0.2) is 36.4 Å². The SMILES string of the molecule is CCCC(O)c1ccc(-c2ccc(CCC3CCC(C4CCC(c5ccc(OCC)c(F)c5F)CC4)CC3)c(F)c2F)c(F)c1F. The van der Waals surface area contributed by atoms with Crippen molar-refractivity contribution in [2.45, 2.75) is 103 Å². The molecule has 0 radical (unpaired) electrons. The second kappa shape index (κ2) is 15.3. The van der Waals surface area contributed by atoms with Gasteiger partial charge < -0.3 is 9.84 Å². The summed E-state index contributed by atoms with van der Waals surface area (Å²) in [6.07, 6.45) is 8.50. The van der Waals surface area contributed by atoms with Crippen molar-refractivity contribution in [3.8, 4) is 16.9 Å². The number of hydrogen-bond donors (Lipinski definition) is 1. The van der Waals surface area contributed by atoms with Gasteiger partial charge in [0.15, 0.2) is 34.8 Å². The Kier molecular flexibility index (Phi) is 11.4. The van der Waals surface area contributed by atoms with Crippen molar-refractivity contribution in [3.05, 3.63) is 88.0 Å². The highest BCUT2D eigenvalue weighted by molar-refractivity contribution is 5.66.